The molecule has 0 bridgehead atoms. The predicted octanol–water partition coefficient (Wildman–Crippen LogP) is 4.25. The lowest BCUT2D eigenvalue weighted by molar-refractivity contribution is 0.605. The van der Waals surface area contributed by atoms with Crippen molar-refractivity contribution in [3.63, 3.8) is 0 Å². The lowest BCUT2D eigenvalue weighted by atomic mass is 9.96. The molecule has 0 unspecified atom stereocenters. The molecular formula is C23H19FN6O. The molecule has 0 aliphatic heterocycles. The maximum absolute atomic E-state index is 14.2. The van der Waals surface area contributed by atoms with Gasteiger partial charge in [0.25, 0.3) is 5.56 Å². The average molecular weight is 414 g/mol. The van der Waals surface area contributed by atoms with Crippen molar-refractivity contribution in [1.82, 2.24) is 24.3 Å². The molecule has 0 saturated heterocycles. The number of aromatic amines is 1. The zero-order chi connectivity index (χ0) is 21.5. The van der Waals surface area contributed by atoms with Gasteiger partial charge in [-0.2, -0.15) is 0 Å². The summed E-state index contributed by atoms with van der Waals surface area (Å²) in [6, 6.07) is 14.0. The van der Waals surface area contributed by atoms with E-state index in [0.717, 1.165) is 11.1 Å². The van der Waals surface area contributed by atoms with Crippen LogP contribution in [0.2, 0.25) is 0 Å². The van der Waals surface area contributed by atoms with Gasteiger partial charge in [0.1, 0.15) is 17.7 Å². The Kier molecular flexibility index (Phi) is 4.47. The summed E-state index contributed by atoms with van der Waals surface area (Å²) in [5, 5.41) is 3.37. The molecule has 0 radical (unpaired) electrons. The maximum atomic E-state index is 14.2. The van der Waals surface area contributed by atoms with Crippen molar-refractivity contribution in [1.29, 1.82) is 0 Å². The van der Waals surface area contributed by atoms with Crippen LogP contribution in [-0.2, 0) is 0 Å². The molecule has 0 amide bonds. The largest absolute Gasteiger partial charge is 0.362 e. The minimum atomic E-state index is -0.421. The van der Waals surface area contributed by atoms with E-state index in [1.807, 2.05) is 43.3 Å². The van der Waals surface area contributed by atoms with Crippen LogP contribution in [0.15, 0.2) is 66.0 Å². The first-order valence-corrected chi connectivity index (χ1v) is 9.85. The van der Waals surface area contributed by atoms with Gasteiger partial charge in [0.15, 0.2) is 11.5 Å². The Morgan fingerprint density at radius 1 is 1.10 bits per heavy atom. The van der Waals surface area contributed by atoms with Gasteiger partial charge >= 0.3 is 0 Å². The van der Waals surface area contributed by atoms with Crippen LogP contribution in [-0.4, -0.2) is 24.3 Å². The number of halogens is 1. The molecule has 4 heterocycles. The highest BCUT2D eigenvalue weighted by atomic mass is 19.1. The fraction of sp³-hybridized carbons (Fsp3) is 0.130. The lowest BCUT2D eigenvalue weighted by Gasteiger charge is -2.20. The molecule has 5 aromatic rings. The summed E-state index contributed by atoms with van der Waals surface area (Å²) >= 11 is 0. The van der Waals surface area contributed by atoms with Crippen LogP contribution in [0.5, 0.6) is 0 Å². The number of rotatable bonds is 4. The molecule has 31 heavy (non-hydrogen) atoms. The van der Waals surface area contributed by atoms with Gasteiger partial charge in [-0.25, -0.2) is 19.3 Å². The number of hydrogen-bond donors (Lipinski definition) is 2. The number of imidazole rings is 1. The summed E-state index contributed by atoms with van der Waals surface area (Å²) in [5.41, 5.74) is 3.95. The van der Waals surface area contributed by atoms with E-state index < -0.39 is 5.82 Å². The van der Waals surface area contributed by atoms with E-state index in [-0.39, 0.29) is 17.3 Å². The summed E-state index contributed by atoms with van der Waals surface area (Å²) in [5.74, 6) is 0.166. The summed E-state index contributed by atoms with van der Waals surface area (Å²) < 4.78 is 15.7. The molecule has 0 saturated carbocycles. The first kappa shape index (κ1) is 18.9. The normalized spacial score (nSPS) is 12.4. The monoisotopic (exact) mass is 414 g/mol. The molecular weight excluding hydrogens is 395 g/mol. The first-order valence-electron chi connectivity index (χ1n) is 9.85. The van der Waals surface area contributed by atoms with Crippen LogP contribution in [0, 0.1) is 12.7 Å². The number of hydrogen-bond acceptors (Lipinski definition) is 5. The Hall–Kier alpha value is -4.07. The summed E-state index contributed by atoms with van der Waals surface area (Å²) in [4.78, 5) is 29.2. The van der Waals surface area contributed by atoms with Crippen LogP contribution in [0.4, 0.5) is 10.2 Å². The fourth-order valence-electron chi connectivity index (χ4n) is 3.90. The van der Waals surface area contributed by atoms with Gasteiger partial charge < -0.3 is 10.3 Å². The molecule has 1 atom stereocenters. The zero-order valence-electron chi connectivity index (χ0n) is 16.9. The highest BCUT2D eigenvalue weighted by Crippen LogP contribution is 2.30. The van der Waals surface area contributed by atoms with Gasteiger partial charge in [0.2, 0.25) is 0 Å². The van der Waals surface area contributed by atoms with Crippen molar-refractivity contribution in [2.45, 2.75) is 19.9 Å². The number of pyridine rings is 2. The number of nitrogens with zero attached hydrogens (tertiary/aromatic N) is 4. The Balaban J connectivity index is 1.73. The molecule has 0 spiro atoms. The molecule has 0 aliphatic carbocycles. The summed E-state index contributed by atoms with van der Waals surface area (Å²) in [6.07, 6.45) is 3.00. The van der Waals surface area contributed by atoms with E-state index in [0.29, 0.717) is 28.1 Å². The number of fused-ring (bicyclic) bond motifs is 2. The number of aryl methyl sites for hydroxylation is 1. The molecule has 154 valence electrons. The summed E-state index contributed by atoms with van der Waals surface area (Å²) in [7, 11) is 0. The lowest BCUT2D eigenvalue weighted by Crippen LogP contribution is -2.23. The number of anilines is 1. The van der Waals surface area contributed by atoms with E-state index >= 15 is 0 Å². The highest BCUT2D eigenvalue weighted by molar-refractivity contribution is 5.82. The van der Waals surface area contributed by atoms with E-state index in [9.17, 15) is 9.18 Å². The van der Waals surface area contributed by atoms with Crippen LogP contribution < -0.4 is 10.9 Å². The highest BCUT2D eigenvalue weighted by Gasteiger charge is 2.20. The Morgan fingerprint density at radius 3 is 2.71 bits per heavy atom. The maximum Gasteiger partial charge on any atom is 0.263 e. The predicted molar refractivity (Wildman–Crippen MR) is 118 cm³/mol. The van der Waals surface area contributed by atoms with Gasteiger partial charge in [-0.1, -0.05) is 30.3 Å². The quantitative estimate of drug-likeness (QED) is 0.459. The second-order valence-electron chi connectivity index (χ2n) is 7.36. The SMILES string of the molecule is Cc1c(F)ccc2cc([C@@H](C)Nc3ncnc4nc[nH]c34)c(-c3ccccc3)c(=O)n12. The molecule has 0 fully saturated rings. The Bertz CT molecular complexity index is 1470. The second-order valence-corrected chi connectivity index (χ2v) is 7.36. The minimum absolute atomic E-state index is 0.265. The third-order valence-electron chi connectivity index (χ3n) is 5.45. The van der Waals surface area contributed by atoms with E-state index in [1.54, 1.807) is 19.3 Å². The molecule has 7 nitrogen and oxygen atoms in total. The molecule has 2 N–H and O–H groups in total. The zero-order valence-corrected chi connectivity index (χ0v) is 16.9. The van der Waals surface area contributed by atoms with Crippen molar-refractivity contribution in [3.05, 3.63) is 88.6 Å². The van der Waals surface area contributed by atoms with Crippen molar-refractivity contribution in [2.24, 2.45) is 0 Å². The van der Waals surface area contributed by atoms with E-state index in [2.05, 4.69) is 25.3 Å². The smallest absolute Gasteiger partial charge is 0.263 e. The van der Waals surface area contributed by atoms with E-state index in [1.165, 1.54) is 16.8 Å². The van der Waals surface area contributed by atoms with Crippen LogP contribution in [0.3, 0.4) is 0 Å². The van der Waals surface area contributed by atoms with Crippen molar-refractivity contribution in [3.8, 4) is 11.1 Å². The van der Waals surface area contributed by atoms with Crippen molar-refractivity contribution in [2.75, 3.05) is 5.32 Å². The van der Waals surface area contributed by atoms with Gasteiger partial charge in [-0.3, -0.25) is 9.20 Å². The molecule has 1 aromatic carbocycles. The fourth-order valence-corrected chi connectivity index (χ4v) is 3.90. The molecule has 5 rings (SSSR count). The molecule has 8 heteroatoms. The standard InChI is InChI=1S/C23H19FN6O/c1-13(29-22-20-21(26-11-25-20)27-12-28-22)17-10-16-8-9-18(24)14(2)30(16)23(31)19(17)15-6-4-3-5-7-15/h3-13H,1-2H3,(H2,25,26,27,28,29)/t13-/m1/s1. The number of H-pyrrole nitrogens is 1. The van der Waals surface area contributed by atoms with Crippen molar-refractivity contribution < 1.29 is 4.39 Å². The summed E-state index contributed by atoms with van der Waals surface area (Å²) in [6.45, 7) is 3.56. The van der Waals surface area contributed by atoms with Crippen molar-refractivity contribution >= 4 is 22.5 Å². The second kappa shape index (κ2) is 7.32. The van der Waals surface area contributed by atoms with Crippen LogP contribution >= 0.6 is 0 Å². The van der Waals surface area contributed by atoms with Gasteiger partial charge in [0, 0.05) is 5.52 Å². The van der Waals surface area contributed by atoms with Crippen LogP contribution in [0.1, 0.15) is 24.2 Å². The van der Waals surface area contributed by atoms with Crippen LogP contribution in [0.25, 0.3) is 27.8 Å². The average Bonchev–Trinajstić information content (AvgIpc) is 3.26. The van der Waals surface area contributed by atoms with Gasteiger partial charge in [-0.15, -0.1) is 0 Å². The van der Waals surface area contributed by atoms with Gasteiger partial charge in [-0.05, 0) is 43.2 Å². The first-order chi connectivity index (χ1) is 15.0. The number of nitrogens with one attached hydrogen (secondary N) is 2. The number of aromatic nitrogens is 5. The topological polar surface area (TPSA) is 88.0 Å². The van der Waals surface area contributed by atoms with E-state index in [4.69, 9.17) is 0 Å². The minimum Gasteiger partial charge on any atom is -0.362 e. The Labute approximate surface area is 176 Å². The Morgan fingerprint density at radius 2 is 1.90 bits per heavy atom. The van der Waals surface area contributed by atoms with Gasteiger partial charge in [0.05, 0.1) is 23.6 Å². The molecule has 4 aromatic heterocycles. The third-order valence-corrected chi connectivity index (χ3v) is 5.45. The molecule has 0 aliphatic rings. The third kappa shape index (κ3) is 3.13. The number of benzene rings is 1.